The minimum absolute atomic E-state index is 0.0139. The average Bonchev–Trinajstić information content (AvgIpc) is 2.47. The maximum Gasteiger partial charge on any atom is 0.273 e. The number of carbonyl (C=O) groups is 2. The van der Waals surface area contributed by atoms with E-state index in [-0.39, 0.29) is 22.9 Å². The summed E-state index contributed by atoms with van der Waals surface area (Å²) in [6.07, 6.45) is 0. The van der Waals surface area contributed by atoms with E-state index < -0.39 is 5.91 Å². The highest BCUT2D eigenvalue weighted by Crippen LogP contribution is 2.21. The lowest BCUT2D eigenvalue weighted by atomic mass is 10.1. The molecule has 5 heteroatoms. The van der Waals surface area contributed by atoms with Crippen LogP contribution in [0.2, 0.25) is 0 Å². The highest BCUT2D eigenvalue weighted by Gasteiger charge is 2.22. The van der Waals surface area contributed by atoms with Gasteiger partial charge in [-0.3, -0.25) is 9.59 Å². The van der Waals surface area contributed by atoms with Gasteiger partial charge < -0.3 is 10.2 Å². The number of aryl methyl sites for hydroxylation is 1. The van der Waals surface area contributed by atoms with Crippen LogP contribution in [-0.2, 0) is 0 Å². The summed E-state index contributed by atoms with van der Waals surface area (Å²) in [5.74, 6) is -0.631. The lowest BCUT2D eigenvalue weighted by molar-refractivity contribution is 0.0981. The molecule has 1 heterocycles. The van der Waals surface area contributed by atoms with Crippen LogP contribution in [0, 0.1) is 13.5 Å². The number of ketones is 1. The van der Waals surface area contributed by atoms with Gasteiger partial charge in [-0.15, -0.1) is 4.98 Å². The van der Waals surface area contributed by atoms with Gasteiger partial charge in [0.2, 0.25) is 11.5 Å². The molecule has 5 nitrogen and oxygen atoms in total. The molecular formula is C16H13N3O2. The third-order valence-corrected chi connectivity index (χ3v) is 2.90. The number of benzene rings is 1. The van der Waals surface area contributed by atoms with E-state index in [4.69, 9.17) is 6.57 Å². The first-order chi connectivity index (χ1) is 10.0. The second-order valence-corrected chi connectivity index (χ2v) is 4.51. The van der Waals surface area contributed by atoms with Crippen molar-refractivity contribution in [2.75, 3.05) is 5.32 Å². The summed E-state index contributed by atoms with van der Waals surface area (Å²) in [5.41, 5.74) is 1.38. The molecule has 1 aromatic carbocycles. The van der Waals surface area contributed by atoms with Gasteiger partial charge in [-0.05, 0) is 24.6 Å². The van der Waals surface area contributed by atoms with Crippen molar-refractivity contribution in [3.8, 4) is 0 Å². The Labute approximate surface area is 122 Å². The molecule has 1 aromatic heterocycles. The van der Waals surface area contributed by atoms with E-state index >= 15 is 0 Å². The molecule has 0 saturated carbocycles. The quantitative estimate of drug-likeness (QED) is 0.692. The number of Topliss-reactive ketones (excluding diaryl/α,β-unsaturated/α-hetero) is 1. The van der Waals surface area contributed by atoms with Crippen molar-refractivity contribution in [1.29, 1.82) is 0 Å². The number of amides is 1. The number of carbonyl (C=O) groups excluding carboxylic acids is 2. The molecule has 0 saturated heterocycles. The largest absolute Gasteiger partial charge is 0.360 e. The van der Waals surface area contributed by atoms with Gasteiger partial charge in [0.15, 0.2) is 0 Å². The highest BCUT2D eigenvalue weighted by molar-refractivity contribution is 6.11. The summed E-state index contributed by atoms with van der Waals surface area (Å²) < 4.78 is 0. The molecule has 0 aliphatic rings. The fourth-order valence-electron chi connectivity index (χ4n) is 1.88. The molecular weight excluding hydrogens is 266 g/mol. The fourth-order valence-corrected chi connectivity index (χ4v) is 1.88. The average molecular weight is 279 g/mol. The number of anilines is 1. The Morgan fingerprint density at radius 3 is 2.48 bits per heavy atom. The van der Waals surface area contributed by atoms with Crippen LogP contribution >= 0.6 is 0 Å². The van der Waals surface area contributed by atoms with Gasteiger partial charge in [-0.25, -0.2) is 0 Å². The number of rotatable bonds is 3. The minimum atomic E-state index is -0.418. The summed E-state index contributed by atoms with van der Waals surface area (Å²) in [7, 11) is 0. The minimum Gasteiger partial charge on any atom is -0.360 e. The molecule has 0 unspecified atom stereocenters. The standard InChI is InChI=1S/C16H13N3O2/c1-10-9-13(14(11(2)20)19-15(10)17-3)16(21)18-12-7-5-4-6-8-12/h4-9H,1-2H3,(H,18,21). The summed E-state index contributed by atoms with van der Waals surface area (Å²) in [5, 5.41) is 2.71. The predicted molar refractivity (Wildman–Crippen MR) is 79.6 cm³/mol. The molecule has 1 N–H and O–H groups in total. The van der Waals surface area contributed by atoms with E-state index in [0.717, 1.165) is 0 Å². The van der Waals surface area contributed by atoms with Crippen LogP contribution in [0.15, 0.2) is 36.4 Å². The zero-order chi connectivity index (χ0) is 15.4. The Bertz CT molecular complexity index is 746. The Morgan fingerprint density at radius 2 is 1.90 bits per heavy atom. The van der Waals surface area contributed by atoms with E-state index in [1.54, 1.807) is 31.2 Å². The second-order valence-electron chi connectivity index (χ2n) is 4.51. The Balaban J connectivity index is 2.43. The Kier molecular flexibility index (Phi) is 4.10. The first-order valence-corrected chi connectivity index (χ1v) is 6.29. The summed E-state index contributed by atoms with van der Waals surface area (Å²) >= 11 is 0. The van der Waals surface area contributed by atoms with Crippen molar-refractivity contribution >= 4 is 23.2 Å². The summed E-state index contributed by atoms with van der Waals surface area (Å²) in [6, 6.07) is 10.5. The molecule has 0 aliphatic heterocycles. The smallest absolute Gasteiger partial charge is 0.273 e. The van der Waals surface area contributed by atoms with Crippen molar-refractivity contribution < 1.29 is 9.59 Å². The zero-order valence-electron chi connectivity index (χ0n) is 11.7. The van der Waals surface area contributed by atoms with Crippen molar-refractivity contribution in [2.45, 2.75) is 13.8 Å². The highest BCUT2D eigenvalue weighted by atomic mass is 16.2. The Hall–Kier alpha value is -3.00. The summed E-state index contributed by atoms with van der Waals surface area (Å²) in [4.78, 5) is 31.2. The summed E-state index contributed by atoms with van der Waals surface area (Å²) in [6.45, 7) is 10.0. The first-order valence-electron chi connectivity index (χ1n) is 6.29. The topological polar surface area (TPSA) is 63.4 Å². The predicted octanol–water partition coefficient (Wildman–Crippen LogP) is 3.40. The molecule has 0 bridgehead atoms. The van der Waals surface area contributed by atoms with Crippen molar-refractivity contribution in [2.24, 2.45) is 0 Å². The molecule has 0 atom stereocenters. The van der Waals surface area contributed by atoms with Crippen molar-refractivity contribution in [1.82, 2.24) is 4.98 Å². The van der Waals surface area contributed by atoms with E-state index in [2.05, 4.69) is 15.1 Å². The molecule has 104 valence electrons. The lowest BCUT2D eigenvalue weighted by Gasteiger charge is -2.08. The van der Waals surface area contributed by atoms with Crippen molar-refractivity contribution in [3.05, 3.63) is 64.6 Å². The van der Waals surface area contributed by atoms with Gasteiger partial charge in [0.25, 0.3) is 11.7 Å². The van der Waals surface area contributed by atoms with E-state index in [0.29, 0.717) is 11.3 Å². The molecule has 21 heavy (non-hydrogen) atoms. The van der Waals surface area contributed by atoms with Crippen LogP contribution in [0.4, 0.5) is 11.5 Å². The van der Waals surface area contributed by atoms with Crippen LogP contribution < -0.4 is 5.32 Å². The van der Waals surface area contributed by atoms with Crippen LogP contribution in [0.1, 0.15) is 33.3 Å². The normalized spacial score (nSPS) is 9.76. The monoisotopic (exact) mass is 279 g/mol. The fraction of sp³-hybridized carbons (Fsp3) is 0.125. The number of pyridine rings is 1. The van der Waals surface area contributed by atoms with Gasteiger partial charge in [0.1, 0.15) is 0 Å². The lowest BCUT2D eigenvalue weighted by Crippen LogP contribution is -2.17. The number of hydrogen-bond donors (Lipinski definition) is 1. The molecule has 0 fully saturated rings. The molecule has 1 amide bonds. The van der Waals surface area contributed by atoms with Gasteiger partial charge in [0, 0.05) is 12.6 Å². The van der Waals surface area contributed by atoms with Crippen LogP contribution in [0.25, 0.3) is 4.85 Å². The first kappa shape index (κ1) is 14.4. The number of aromatic nitrogens is 1. The number of nitrogens with one attached hydrogen (secondary N) is 1. The SMILES string of the molecule is [C-]#[N+]c1nc(C(C)=O)c(C(=O)Nc2ccccc2)cc1C. The maximum absolute atomic E-state index is 12.3. The van der Waals surface area contributed by atoms with Gasteiger partial charge >= 0.3 is 0 Å². The maximum atomic E-state index is 12.3. The molecule has 0 spiro atoms. The molecule has 2 rings (SSSR count). The third-order valence-electron chi connectivity index (χ3n) is 2.90. The molecule has 2 aromatic rings. The van der Waals surface area contributed by atoms with Gasteiger partial charge in [-0.2, -0.15) is 0 Å². The number of nitrogens with zero attached hydrogens (tertiary/aromatic N) is 2. The van der Waals surface area contributed by atoms with Gasteiger partial charge in [0.05, 0.1) is 5.56 Å². The van der Waals surface area contributed by atoms with Crippen molar-refractivity contribution in [3.63, 3.8) is 0 Å². The van der Waals surface area contributed by atoms with E-state index in [1.807, 2.05) is 6.07 Å². The zero-order valence-corrected chi connectivity index (χ0v) is 11.7. The second kappa shape index (κ2) is 5.97. The molecule has 0 radical (unpaired) electrons. The number of para-hydroxylation sites is 1. The Morgan fingerprint density at radius 1 is 1.24 bits per heavy atom. The van der Waals surface area contributed by atoms with E-state index in [1.165, 1.54) is 13.0 Å². The van der Waals surface area contributed by atoms with Crippen LogP contribution in [-0.4, -0.2) is 16.7 Å². The van der Waals surface area contributed by atoms with E-state index in [9.17, 15) is 9.59 Å². The van der Waals surface area contributed by atoms with Crippen LogP contribution in [0.5, 0.6) is 0 Å². The van der Waals surface area contributed by atoms with Crippen LogP contribution in [0.3, 0.4) is 0 Å². The third kappa shape index (κ3) is 3.12. The van der Waals surface area contributed by atoms with Gasteiger partial charge in [-0.1, -0.05) is 30.8 Å². The number of hydrogen-bond acceptors (Lipinski definition) is 3. The molecule has 0 aliphatic carbocycles.